The highest BCUT2D eigenvalue weighted by Gasteiger charge is 2.07. The van der Waals surface area contributed by atoms with Crippen molar-refractivity contribution in [2.45, 2.75) is 12.6 Å². The molecule has 0 aliphatic rings. The van der Waals surface area contributed by atoms with Gasteiger partial charge in [-0.05, 0) is 12.1 Å². The van der Waals surface area contributed by atoms with Crippen LogP contribution in [0.5, 0.6) is 11.5 Å². The molecule has 0 saturated heterocycles. The number of ether oxygens (including phenoxy) is 2. The molecule has 1 aromatic heterocycles. The van der Waals surface area contributed by atoms with Gasteiger partial charge in [-0.3, -0.25) is 0 Å². The minimum atomic E-state index is -0.572. The van der Waals surface area contributed by atoms with Crippen LogP contribution in [-0.2, 0) is 6.54 Å². The maximum Gasteiger partial charge on any atom is 0.161 e. The molecule has 0 aliphatic heterocycles. The number of aromatic nitrogens is 2. The first-order valence-corrected chi connectivity index (χ1v) is 6.90. The highest BCUT2D eigenvalue weighted by Crippen LogP contribution is 2.25. The first-order chi connectivity index (χ1) is 10.3. The molecule has 0 fully saturated rings. The Labute approximate surface area is 124 Å². The lowest BCUT2D eigenvalue weighted by atomic mass is 10.3. The average Bonchev–Trinajstić information content (AvgIpc) is 3.03. The molecule has 6 nitrogen and oxygen atoms in total. The molecule has 1 atom stereocenters. The number of imidazole rings is 1. The highest BCUT2D eigenvalue weighted by molar-refractivity contribution is 5.39. The van der Waals surface area contributed by atoms with Crippen LogP contribution >= 0.6 is 0 Å². The summed E-state index contributed by atoms with van der Waals surface area (Å²) < 4.78 is 12.7. The zero-order valence-electron chi connectivity index (χ0n) is 12.1. The molecular weight excluding hydrogens is 270 g/mol. The SMILES string of the molecule is COc1ccccc1OCC(O)CNCCn1ccnc1. The van der Waals surface area contributed by atoms with Crippen molar-refractivity contribution < 1.29 is 14.6 Å². The number of hydrogen-bond acceptors (Lipinski definition) is 5. The Bertz CT molecular complexity index is 517. The van der Waals surface area contributed by atoms with Gasteiger partial charge in [0.2, 0.25) is 0 Å². The van der Waals surface area contributed by atoms with Crippen molar-refractivity contribution in [3.05, 3.63) is 43.0 Å². The standard InChI is InChI=1S/C15H21N3O3/c1-20-14-4-2-3-5-15(14)21-11-13(19)10-16-6-8-18-9-7-17-12-18/h2-5,7,9,12-13,16,19H,6,8,10-11H2,1H3. The monoisotopic (exact) mass is 291 g/mol. The molecule has 21 heavy (non-hydrogen) atoms. The molecule has 0 spiro atoms. The smallest absolute Gasteiger partial charge is 0.161 e. The lowest BCUT2D eigenvalue weighted by Gasteiger charge is -2.15. The summed E-state index contributed by atoms with van der Waals surface area (Å²) in [7, 11) is 1.59. The molecule has 114 valence electrons. The fourth-order valence-corrected chi connectivity index (χ4v) is 1.88. The number of nitrogens with zero attached hydrogens (tertiary/aromatic N) is 2. The Morgan fingerprint density at radius 3 is 2.86 bits per heavy atom. The minimum absolute atomic E-state index is 0.221. The lowest BCUT2D eigenvalue weighted by molar-refractivity contribution is 0.104. The fraction of sp³-hybridized carbons (Fsp3) is 0.400. The van der Waals surface area contributed by atoms with Crippen LogP contribution in [0, 0.1) is 0 Å². The van der Waals surface area contributed by atoms with Gasteiger partial charge in [0.15, 0.2) is 11.5 Å². The molecule has 0 radical (unpaired) electrons. The summed E-state index contributed by atoms with van der Waals surface area (Å²) in [6, 6.07) is 7.39. The fourth-order valence-electron chi connectivity index (χ4n) is 1.88. The molecule has 0 saturated carbocycles. The van der Waals surface area contributed by atoms with E-state index in [2.05, 4.69) is 10.3 Å². The number of nitrogens with one attached hydrogen (secondary N) is 1. The van der Waals surface area contributed by atoms with E-state index in [1.54, 1.807) is 19.6 Å². The Kier molecular flexibility index (Phi) is 6.05. The first kappa shape index (κ1) is 15.3. The van der Waals surface area contributed by atoms with Crippen molar-refractivity contribution in [3.63, 3.8) is 0 Å². The van der Waals surface area contributed by atoms with Gasteiger partial charge in [-0.2, -0.15) is 0 Å². The lowest BCUT2D eigenvalue weighted by Crippen LogP contribution is -2.33. The van der Waals surface area contributed by atoms with E-state index in [0.717, 1.165) is 13.1 Å². The second-order valence-electron chi connectivity index (χ2n) is 4.62. The summed E-state index contributed by atoms with van der Waals surface area (Å²) in [5.74, 6) is 1.30. The van der Waals surface area contributed by atoms with E-state index in [0.29, 0.717) is 18.0 Å². The van der Waals surface area contributed by atoms with Crippen LogP contribution in [0.15, 0.2) is 43.0 Å². The summed E-state index contributed by atoms with van der Waals surface area (Å²) in [5, 5.41) is 13.1. The number of rotatable bonds is 9. The maximum atomic E-state index is 9.88. The van der Waals surface area contributed by atoms with Gasteiger partial charge < -0.3 is 24.5 Å². The summed E-state index contributed by atoms with van der Waals surface area (Å²) in [6.07, 6.45) is 4.85. The van der Waals surface area contributed by atoms with E-state index in [1.807, 2.05) is 35.0 Å². The van der Waals surface area contributed by atoms with Gasteiger partial charge >= 0.3 is 0 Å². The predicted octanol–water partition coefficient (Wildman–Crippen LogP) is 0.921. The number of hydrogen-bond donors (Lipinski definition) is 2. The Balaban J connectivity index is 1.64. The van der Waals surface area contributed by atoms with Gasteiger partial charge in [-0.1, -0.05) is 12.1 Å². The molecule has 0 amide bonds. The maximum absolute atomic E-state index is 9.88. The molecule has 1 heterocycles. The average molecular weight is 291 g/mol. The molecule has 1 aromatic carbocycles. The van der Waals surface area contributed by atoms with Crippen LogP contribution in [0.2, 0.25) is 0 Å². The number of para-hydroxylation sites is 2. The third-order valence-corrected chi connectivity index (χ3v) is 2.99. The number of aliphatic hydroxyl groups excluding tert-OH is 1. The zero-order chi connectivity index (χ0) is 14.9. The van der Waals surface area contributed by atoms with E-state index < -0.39 is 6.10 Å². The van der Waals surface area contributed by atoms with Crippen LogP contribution in [0.1, 0.15) is 0 Å². The topological polar surface area (TPSA) is 68.5 Å². The van der Waals surface area contributed by atoms with E-state index in [9.17, 15) is 5.11 Å². The van der Waals surface area contributed by atoms with Crippen LogP contribution < -0.4 is 14.8 Å². The molecule has 2 rings (SSSR count). The summed E-state index contributed by atoms with van der Waals surface area (Å²) in [4.78, 5) is 3.97. The Hall–Kier alpha value is -2.05. The molecule has 6 heteroatoms. The van der Waals surface area contributed by atoms with Crippen molar-refractivity contribution in [3.8, 4) is 11.5 Å². The van der Waals surface area contributed by atoms with E-state index in [-0.39, 0.29) is 6.61 Å². The molecule has 0 bridgehead atoms. The van der Waals surface area contributed by atoms with E-state index in [1.165, 1.54) is 0 Å². The first-order valence-electron chi connectivity index (χ1n) is 6.90. The van der Waals surface area contributed by atoms with Gasteiger partial charge in [0.05, 0.1) is 13.4 Å². The highest BCUT2D eigenvalue weighted by atomic mass is 16.5. The van der Waals surface area contributed by atoms with E-state index >= 15 is 0 Å². The summed E-state index contributed by atoms with van der Waals surface area (Å²) >= 11 is 0. The van der Waals surface area contributed by atoms with Crippen molar-refractivity contribution in [2.24, 2.45) is 0 Å². The molecule has 0 aliphatic carbocycles. The van der Waals surface area contributed by atoms with Crippen LogP contribution in [-0.4, -0.2) is 47.6 Å². The van der Waals surface area contributed by atoms with Crippen molar-refractivity contribution in [2.75, 3.05) is 26.8 Å². The molecule has 2 N–H and O–H groups in total. The quantitative estimate of drug-likeness (QED) is 0.673. The number of benzene rings is 1. The van der Waals surface area contributed by atoms with Gasteiger partial charge in [-0.15, -0.1) is 0 Å². The van der Waals surface area contributed by atoms with Crippen LogP contribution in [0.4, 0.5) is 0 Å². The normalized spacial score (nSPS) is 12.1. The Morgan fingerprint density at radius 2 is 2.14 bits per heavy atom. The Morgan fingerprint density at radius 1 is 1.33 bits per heavy atom. The second kappa shape index (κ2) is 8.28. The predicted molar refractivity (Wildman–Crippen MR) is 79.6 cm³/mol. The van der Waals surface area contributed by atoms with Gasteiger partial charge in [0.25, 0.3) is 0 Å². The third kappa shape index (κ3) is 5.09. The third-order valence-electron chi connectivity index (χ3n) is 2.99. The molecule has 2 aromatic rings. The summed E-state index contributed by atoms with van der Waals surface area (Å²) in [6.45, 7) is 2.28. The minimum Gasteiger partial charge on any atom is -0.493 e. The van der Waals surface area contributed by atoms with Crippen LogP contribution in [0.25, 0.3) is 0 Å². The zero-order valence-corrected chi connectivity index (χ0v) is 12.1. The molecular formula is C15H21N3O3. The van der Waals surface area contributed by atoms with Crippen molar-refractivity contribution >= 4 is 0 Å². The summed E-state index contributed by atoms with van der Waals surface area (Å²) in [5.41, 5.74) is 0. The van der Waals surface area contributed by atoms with Crippen LogP contribution in [0.3, 0.4) is 0 Å². The second-order valence-corrected chi connectivity index (χ2v) is 4.62. The molecule has 1 unspecified atom stereocenters. The van der Waals surface area contributed by atoms with E-state index in [4.69, 9.17) is 9.47 Å². The van der Waals surface area contributed by atoms with Gasteiger partial charge in [-0.25, -0.2) is 4.98 Å². The largest absolute Gasteiger partial charge is 0.493 e. The van der Waals surface area contributed by atoms with Crippen molar-refractivity contribution in [1.29, 1.82) is 0 Å². The number of aliphatic hydroxyl groups is 1. The van der Waals surface area contributed by atoms with Crippen molar-refractivity contribution in [1.82, 2.24) is 14.9 Å². The number of methoxy groups -OCH3 is 1. The van der Waals surface area contributed by atoms with Gasteiger partial charge in [0, 0.05) is 32.0 Å². The van der Waals surface area contributed by atoms with Gasteiger partial charge in [0.1, 0.15) is 12.7 Å².